The van der Waals surface area contributed by atoms with Crippen molar-refractivity contribution in [2.24, 2.45) is 0 Å². The molecular weight excluding hydrogens is 386 g/mol. The van der Waals surface area contributed by atoms with Gasteiger partial charge in [-0.3, -0.25) is 14.5 Å². The van der Waals surface area contributed by atoms with E-state index in [4.69, 9.17) is 13.9 Å². The molecule has 1 aliphatic rings. The molecule has 0 unspecified atom stereocenters. The Kier molecular flexibility index (Phi) is 5.74. The van der Waals surface area contributed by atoms with E-state index >= 15 is 0 Å². The maximum atomic E-state index is 12.7. The number of esters is 1. The van der Waals surface area contributed by atoms with Crippen LogP contribution >= 0.6 is 11.8 Å². The molecule has 1 fully saturated rings. The molecule has 28 heavy (non-hydrogen) atoms. The number of imide groups is 1. The van der Waals surface area contributed by atoms with Crippen molar-refractivity contribution < 1.29 is 33.0 Å². The van der Waals surface area contributed by atoms with E-state index < -0.39 is 17.1 Å². The Labute approximate surface area is 165 Å². The van der Waals surface area contributed by atoms with Crippen LogP contribution in [-0.4, -0.2) is 43.3 Å². The zero-order chi connectivity index (χ0) is 20.3. The average Bonchev–Trinajstić information content (AvgIpc) is 3.27. The summed E-state index contributed by atoms with van der Waals surface area (Å²) in [5, 5.41) is -0.436. The van der Waals surface area contributed by atoms with Crippen LogP contribution in [0.4, 0.5) is 4.79 Å². The lowest BCUT2D eigenvalue weighted by Crippen LogP contribution is -2.27. The van der Waals surface area contributed by atoms with E-state index in [0.29, 0.717) is 22.8 Å². The number of carbonyl (C=O) groups excluding carboxylic acids is 3. The first-order chi connectivity index (χ1) is 13.5. The van der Waals surface area contributed by atoms with E-state index in [1.165, 1.54) is 33.5 Å². The number of ether oxygens (including phenoxy) is 3. The molecule has 1 aliphatic heterocycles. The van der Waals surface area contributed by atoms with Gasteiger partial charge in [-0.2, -0.15) is 0 Å². The number of methoxy groups -OCH3 is 3. The number of para-hydroxylation sites is 1. The van der Waals surface area contributed by atoms with E-state index in [2.05, 4.69) is 4.74 Å². The van der Waals surface area contributed by atoms with Crippen molar-refractivity contribution in [3.63, 3.8) is 0 Å². The Morgan fingerprint density at radius 2 is 1.93 bits per heavy atom. The predicted octanol–water partition coefficient (Wildman–Crippen LogP) is 3.32. The fourth-order valence-corrected chi connectivity index (χ4v) is 3.46. The van der Waals surface area contributed by atoms with Crippen LogP contribution in [0.3, 0.4) is 0 Å². The molecule has 2 aromatic rings. The van der Waals surface area contributed by atoms with Crippen molar-refractivity contribution in [1.29, 1.82) is 0 Å². The molecule has 3 rings (SSSR count). The summed E-state index contributed by atoms with van der Waals surface area (Å²) in [6.45, 7) is -0.0890. The first-order valence-electron chi connectivity index (χ1n) is 8.12. The van der Waals surface area contributed by atoms with Gasteiger partial charge in [0.15, 0.2) is 11.5 Å². The molecule has 146 valence electrons. The van der Waals surface area contributed by atoms with Gasteiger partial charge in [-0.1, -0.05) is 12.1 Å². The average molecular weight is 403 g/mol. The second-order valence-electron chi connectivity index (χ2n) is 5.61. The number of rotatable bonds is 6. The summed E-state index contributed by atoms with van der Waals surface area (Å²) in [5.74, 6) is 0.178. The number of hydrogen-bond donors (Lipinski definition) is 0. The zero-order valence-electron chi connectivity index (χ0n) is 15.4. The van der Waals surface area contributed by atoms with Crippen LogP contribution in [0.5, 0.6) is 11.5 Å². The molecule has 0 saturated carbocycles. The Bertz CT molecular complexity index is 963. The van der Waals surface area contributed by atoms with Crippen LogP contribution in [0, 0.1) is 0 Å². The molecule has 0 aliphatic carbocycles. The maximum absolute atomic E-state index is 12.7. The van der Waals surface area contributed by atoms with Gasteiger partial charge >= 0.3 is 5.97 Å². The van der Waals surface area contributed by atoms with Crippen molar-refractivity contribution in [1.82, 2.24) is 4.90 Å². The molecule has 0 spiro atoms. The van der Waals surface area contributed by atoms with E-state index in [-0.39, 0.29) is 17.2 Å². The molecular formula is C19H17NO7S. The largest absolute Gasteiger partial charge is 0.493 e. The third-order valence-corrected chi connectivity index (χ3v) is 4.86. The molecule has 0 atom stereocenters. The molecule has 9 heteroatoms. The van der Waals surface area contributed by atoms with Gasteiger partial charge in [0.25, 0.3) is 11.1 Å². The van der Waals surface area contributed by atoms with E-state index in [1.807, 2.05) is 0 Å². The minimum atomic E-state index is -0.634. The summed E-state index contributed by atoms with van der Waals surface area (Å²) in [7, 11) is 4.25. The number of hydrogen-bond acceptors (Lipinski definition) is 8. The van der Waals surface area contributed by atoms with Gasteiger partial charge in [0.2, 0.25) is 5.76 Å². The van der Waals surface area contributed by atoms with E-state index in [1.54, 1.807) is 24.3 Å². The smallest absolute Gasteiger partial charge is 0.373 e. The summed E-state index contributed by atoms with van der Waals surface area (Å²) in [6.07, 6.45) is 1.58. The molecule has 2 heterocycles. The highest BCUT2D eigenvalue weighted by Gasteiger charge is 2.36. The second kappa shape index (κ2) is 8.22. The fraction of sp³-hybridized carbons (Fsp3) is 0.211. The van der Waals surface area contributed by atoms with Gasteiger partial charge in [0, 0.05) is 5.56 Å². The van der Waals surface area contributed by atoms with Crippen molar-refractivity contribution in [2.75, 3.05) is 21.3 Å². The predicted molar refractivity (Wildman–Crippen MR) is 101 cm³/mol. The van der Waals surface area contributed by atoms with E-state index in [9.17, 15) is 14.4 Å². The Hall–Kier alpha value is -3.20. The highest BCUT2D eigenvalue weighted by molar-refractivity contribution is 8.18. The number of furan rings is 1. The third-order valence-electron chi connectivity index (χ3n) is 3.96. The number of amides is 2. The topological polar surface area (TPSA) is 95.3 Å². The minimum absolute atomic E-state index is 0.00105. The van der Waals surface area contributed by atoms with Crippen molar-refractivity contribution >= 4 is 35.0 Å². The van der Waals surface area contributed by atoms with Gasteiger partial charge in [-0.25, -0.2) is 4.79 Å². The van der Waals surface area contributed by atoms with Gasteiger partial charge < -0.3 is 18.6 Å². The highest BCUT2D eigenvalue weighted by atomic mass is 32.2. The Balaban J connectivity index is 1.83. The molecule has 1 aromatic heterocycles. The molecule has 8 nitrogen and oxygen atoms in total. The third kappa shape index (κ3) is 3.74. The Morgan fingerprint density at radius 1 is 1.14 bits per heavy atom. The lowest BCUT2D eigenvalue weighted by atomic mass is 10.1. The van der Waals surface area contributed by atoms with Crippen LogP contribution in [0.1, 0.15) is 21.9 Å². The van der Waals surface area contributed by atoms with Crippen molar-refractivity contribution in [3.8, 4) is 11.5 Å². The van der Waals surface area contributed by atoms with Gasteiger partial charge in [-0.15, -0.1) is 0 Å². The molecule has 1 saturated heterocycles. The first kappa shape index (κ1) is 19.6. The normalized spacial score (nSPS) is 15.2. The molecule has 2 amide bonds. The van der Waals surface area contributed by atoms with Gasteiger partial charge in [0.05, 0.1) is 32.8 Å². The van der Waals surface area contributed by atoms with Crippen LogP contribution in [0.2, 0.25) is 0 Å². The van der Waals surface area contributed by atoms with Crippen molar-refractivity contribution in [3.05, 3.63) is 52.3 Å². The van der Waals surface area contributed by atoms with Gasteiger partial charge in [0.1, 0.15) is 5.76 Å². The molecule has 0 N–H and O–H groups in total. The molecule has 0 radical (unpaired) electrons. The monoisotopic (exact) mass is 403 g/mol. The van der Waals surface area contributed by atoms with Crippen LogP contribution in [0.15, 0.2) is 39.7 Å². The quantitative estimate of drug-likeness (QED) is 0.535. The fourth-order valence-electron chi connectivity index (χ4n) is 2.63. The summed E-state index contributed by atoms with van der Waals surface area (Å²) < 4.78 is 20.5. The summed E-state index contributed by atoms with van der Waals surface area (Å²) in [5.41, 5.74) is 0.610. The van der Waals surface area contributed by atoms with Crippen LogP contribution in [-0.2, 0) is 16.1 Å². The summed E-state index contributed by atoms with van der Waals surface area (Å²) in [4.78, 5) is 37.7. The van der Waals surface area contributed by atoms with Crippen LogP contribution < -0.4 is 9.47 Å². The van der Waals surface area contributed by atoms with E-state index in [0.717, 1.165) is 16.7 Å². The number of nitrogens with zero attached hydrogens (tertiary/aromatic N) is 1. The lowest BCUT2D eigenvalue weighted by molar-refractivity contribution is -0.123. The van der Waals surface area contributed by atoms with Gasteiger partial charge in [-0.05, 0) is 36.0 Å². The lowest BCUT2D eigenvalue weighted by Gasteiger charge is -2.11. The number of thioether (sulfide) groups is 1. The number of carbonyl (C=O) groups is 3. The molecule has 0 bridgehead atoms. The molecule has 1 aromatic carbocycles. The SMILES string of the molecule is COC(=O)c1ccc(CN2C(=O)S/C(=C/c3cccc(OC)c3OC)C2=O)o1. The van der Waals surface area contributed by atoms with Crippen LogP contribution in [0.25, 0.3) is 6.08 Å². The standard InChI is InChI=1S/C19H17NO7S/c1-24-13-6-4-5-11(16(13)25-2)9-15-17(21)20(19(23)28-15)10-12-7-8-14(27-12)18(22)26-3/h4-9H,10H2,1-3H3/b15-9+. The summed E-state index contributed by atoms with van der Waals surface area (Å²) in [6, 6.07) is 8.19. The first-order valence-corrected chi connectivity index (χ1v) is 8.93. The maximum Gasteiger partial charge on any atom is 0.373 e. The van der Waals surface area contributed by atoms with Crippen molar-refractivity contribution in [2.45, 2.75) is 6.54 Å². The zero-order valence-corrected chi connectivity index (χ0v) is 16.2. The second-order valence-corrected chi connectivity index (χ2v) is 6.60. The minimum Gasteiger partial charge on any atom is -0.493 e. The summed E-state index contributed by atoms with van der Waals surface area (Å²) >= 11 is 0.815. The highest BCUT2D eigenvalue weighted by Crippen LogP contribution is 2.37. The Morgan fingerprint density at radius 3 is 2.61 bits per heavy atom. The number of benzene rings is 1.